The number of nitrogens with zero attached hydrogens (tertiary/aromatic N) is 5. The van der Waals surface area contributed by atoms with E-state index in [1.54, 1.807) is 6.20 Å². The van der Waals surface area contributed by atoms with Gasteiger partial charge in [-0.25, -0.2) is 15.0 Å². The zero-order valence-corrected chi connectivity index (χ0v) is 19.3. The van der Waals surface area contributed by atoms with Crippen LogP contribution in [0.25, 0.3) is 16.9 Å². The number of fused-ring (bicyclic) bond motifs is 4. The molecule has 1 unspecified atom stereocenters. The molecule has 6 rings (SSSR count). The van der Waals surface area contributed by atoms with Crippen LogP contribution in [0.4, 0.5) is 0 Å². The summed E-state index contributed by atoms with van der Waals surface area (Å²) in [5.41, 5.74) is 5.60. The molecule has 0 aliphatic heterocycles. The second kappa shape index (κ2) is 7.59. The van der Waals surface area contributed by atoms with E-state index in [2.05, 4.69) is 35.4 Å². The number of carbonyl (C=O) groups excluding carboxylic acids is 1. The molecule has 168 valence electrons. The summed E-state index contributed by atoms with van der Waals surface area (Å²) in [6.07, 6.45) is 7.92. The molecule has 34 heavy (non-hydrogen) atoms. The summed E-state index contributed by atoms with van der Waals surface area (Å²) in [6, 6.07) is 16.7. The van der Waals surface area contributed by atoms with Gasteiger partial charge in [0.1, 0.15) is 17.4 Å². The molecular weight excluding hydrogens is 422 g/mol. The number of aryl methyl sites for hydroxylation is 1. The number of hydrogen-bond donors (Lipinski definition) is 0. The molecule has 2 aliphatic carbocycles. The largest absolute Gasteiger partial charge is 0.306 e. The van der Waals surface area contributed by atoms with E-state index in [9.17, 15) is 10.1 Å². The summed E-state index contributed by atoms with van der Waals surface area (Å²) in [5.74, 6) is 0.0246. The SMILES string of the molecule is Cc1nc(-c2ccc3nccn3c2)c2c(n1)[C@@]1(c3ccccc3)CC(C#N)C(=O)[C@@H](C)[C@@H]1CC2. The summed E-state index contributed by atoms with van der Waals surface area (Å²) >= 11 is 0. The van der Waals surface area contributed by atoms with Crippen LogP contribution in [0, 0.1) is 36.0 Å². The number of Topliss-reactive ketones (excluding diaryl/α,β-unsaturated/α-hetero) is 1. The number of imidazole rings is 1. The Hall–Kier alpha value is -3.85. The van der Waals surface area contributed by atoms with Crippen LogP contribution in [0.15, 0.2) is 61.1 Å². The highest BCUT2D eigenvalue weighted by Crippen LogP contribution is 2.56. The van der Waals surface area contributed by atoms with Crippen LogP contribution in [-0.2, 0) is 16.6 Å². The molecule has 1 fully saturated rings. The van der Waals surface area contributed by atoms with Crippen LogP contribution in [0.1, 0.15) is 42.4 Å². The van der Waals surface area contributed by atoms with Gasteiger partial charge in [-0.15, -0.1) is 0 Å². The first kappa shape index (κ1) is 20.7. The maximum atomic E-state index is 13.1. The Morgan fingerprint density at radius 3 is 2.76 bits per heavy atom. The van der Waals surface area contributed by atoms with E-state index in [0.29, 0.717) is 12.2 Å². The average Bonchev–Trinajstić information content (AvgIpc) is 3.34. The number of hydrogen-bond acceptors (Lipinski definition) is 5. The van der Waals surface area contributed by atoms with Crippen molar-refractivity contribution in [2.45, 2.75) is 38.5 Å². The maximum absolute atomic E-state index is 13.1. The van der Waals surface area contributed by atoms with Gasteiger partial charge < -0.3 is 4.40 Å². The number of ketones is 1. The van der Waals surface area contributed by atoms with Crippen LogP contribution in [-0.4, -0.2) is 25.1 Å². The molecule has 0 radical (unpaired) electrons. The van der Waals surface area contributed by atoms with Crippen molar-refractivity contribution in [3.05, 3.63) is 83.7 Å². The Morgan fingerprint density at radius 1 is 1.15 bits per heavy atom. The molecule has 0 N–H and O–H groups in total. The van der Waals surface area contributed by atoms with Gasteiger partial charge in [0, 0.05) is 41.1 Å². The van der Waals surface area contributed by atoms with Crippen molar-refractivity contribution in [2.75, 3.05) is 0 Å². The van der Waals surface area contributed by atoms with E-state index in [4.69, 9.17) is 9.97 Å². The number of nitriles is 1. The first-order valence-corrected chi connectivity index (χ1v) is 11.8. The van der Waals surface area contributed by atoms with Crippen LogP contribution in [0.5, 0.6) is 0 Å². The van der Waals surface area contributed by atoms with Gasteiger partial charge in [0.2, 0.25) is 0 Å². The number of aromatic nitrogens is 4. The lowest BCUT2D eigenvalue weighted by Gasteiger charge is -2.51. The van der Waals surface area contributed by atoms with E-state index in [1.807, 2.05) is 48.7 Å². The molecule has 3 aromatic heterocycles. The van der Waals surface area contributed by atoms with Crippen molar-refractivity contribution in [2.24, 2.45) is 17.8 Å². The summed E-state index contributed by atoms with van der Waals surface area (Å²) in [6.45, 7) is 3.93. The van der Waals surface area contributed by atoms with Gasteiger partial charge >= 0.3 is 0 Å². The lowest BCUT2D eigenvalue weighted by Crippen LogP contribution is -2.53. The molecule has 0 amide bonds. The summed E-state index contributed by atoms with van der Waals surface area (Å²) in [7, 11) is 0. The Bertz CT molecular complexity index is 1470. The third kappa shape index (κ3) is 2.86. The van der Waals surface area contributed by atoms with Gasteiger partial charge in [-0.3, -0.25) is 4.79 Å². The minimum Gasteiger partial charge on any atom is -0.306 e. The fourth-order valence-electron chi connectivity index (χ4n) is 6.40. The van der Waals surface area contributed by atoms with Crippen LogP contribution < -0.4 is 0 Å². The molecular formula is C28H25N5O. The highest BCUT2D eigenvalue weighted by molar-refractivity contribution is 5.87. The normalized spacial score (nSPS) is 26.0. The summed E-state index contributed by atoms with van der Waals surface area (Å²) in [4.78, 5) is 27.4. The standard InChI is InChI=1S/C28H25N5O/c1-17-23-10-9-22-25(19-8-11-24-30-12-13-33(24)16-19)31-18(2)32-27(22)28(23,14-20(15-29)26(17)34)21-6-4-3-5-7-21/h3-8,11-13,16-17,20,23H,9-10,14H2,1-2H3/t17-,20?,23-,28+/m0/s1. The molecule has 1 aromatic carbocycles. The van der Waals surface area contributed by atoms with Crippen molar-refractivity contribution in [3.63, 3.8) is 0 Å². The number of benzene rings is 1. The fraction of sp³-hybridized carbons (Fsp3) is 0.321. The molecule has 0 bridgehead atoms. The molecule has 6 heteroatoms. The maximum Gasteiger partial charge on any atom is 0.153 e. The van der Waals surface area contributed by atoms with Gasteiger partial charge in [-0.1, -0.05) is 37.3 Å². The quantitative estimate of drug-likeness (QED) is 0.445. The molecule has 0 spiro atoms. The lowest BCUT2D eigenvalue weighted by atomic mass is 9.51. The van der Waals surface area contributed by atoms with E-state index < -0.39 is 11.3 Å². The van der Waals surface area contributed by atoms with Crippen molar-refractivity contribution in [1.29, 1.82) is 5.26 Å². The number of pyridine rings is 1. The number of carbonyl (C=O) groups is 1. The zero-order valence-electron chi connectivity index (χ0n) is 19.3. The Balaban J connectivity index is 1.64. The Morgan fingerprint density at radius 2 is 1.97 bits per heavy atom. The highest BCUT2D eigenvalue weighted by Gasteiger charge is 2.56. The van der Waals surface area contributed by atoms with Gasteiger partial charge in [0.15, 0.2) is 5.78 Å². The molecule has 6 nitrogen and oxygen atoms in total. The van der Waals surface area contributed by atoms with Gasteiger partial charge in [-0.05, 0) is 49.8 Å². The molecule has 2 aliphatic rings. The second-order valence-corrected chi connectivity index (χ2v) is 9.62. The molecule has 0 saturated heterocycles. The Kier molecular flexibility index (Phi) is 4.63. The number of rotatable bonds is 2. The Labute approximate surface area is 198 Å². The van der Waals surface area contributed by atoms with E-state index >= 15 is 0 Å². The van der Waals surface area contributed by atoms with Crippen molar-refractivity contribution in [1.82, 2.24) is 19.4 Å². The lowest BCUT2D eigenvalue weighted by molar-refractivity contribution is -0.131. The van der Waals surface area contributed by atoms with Gasteiger partial charge in [0.25, 0.3) is 0 Å². The van der Waals surface area contributed by atoms with E-state index in [1.165, 1.54) is 0 Å². The minimum atomic E-state index is -0.640. The third-order valence-electron chi connectivity index (χ3n) is 7.91. The van der Waals surface area contributed by atoms with Crippen LogP contribution in [0.2, 0.25) is 0 Å². The topological polar surface area (TPSA) is 83.9 Å². The molecule has 4 aromatic rings. The van der Waals surface area contributed by atoms with Crippen LogP contribution in [0.3, 0.4) is 0 Å². The smallest absolute Gasteiger partial charge is 0.153 e. The fourth-order valence-corrected chi connectivity index (χ4v) is 6.40. The van der Waals surface area contributed by atoms with Crippen molar-refractivity contribution < 1.29 is 4.79 Å². The van der Waals surface area contributed by atoms with Gasteiger partial charge in [0.05, 0.1) is 17.5 Å². The van der Waals surface area contributed by atoms with Crippen molar-refractivity contribution in [3.8, 4) is 17.3 Å². The third-order valence-corrected chi connectivity index (χ3v) is 7.91. The van der Waals surface area contributed by atoms with Crippen molar-refractivity contribution >= 4 is 11.4 Å². The molecule has 3 heterocycles. The zero-order chi connectivity index (χ0) is 23.4. The van der Waals surface area contributed by atoms with E-state index in [0.717, 1.165) is 46.6 Å². The first-order chi connectivity index (χ1) is 16.5. The summed E-state index contributed by atoms with van der Waals surface area (Å²) < 4.78 is 2.00. The minimum absolute atomic E-state index is 0.0686. The average molecular weight is 448 g/mol. The van der Waals surface area contributed by atoms with Gasteiger partial charge in [-0.2, -0.15) is 5.26 Å². The monoisotopic (exact) mass is 447 g/mol. The van der Waals surface area contributed by atoms with E-state index in [-0.39, 0.29) is 17.6 Å². The van der Waals surface area contributed by atoms with Crippen LogP contribution >= 0.6 is 0 Å². The predicted molar refractivity (Wildman–Crippen MR) is 128 cm³/mol. The highest BCUT2D eigenvalue weighted by atomic mass is 16.1. The molecule has 4 atom stereocenters. The second-order valence-electron chi connectivity index (χ2n) is 9.62. The molecule has 1 saturated carbocycles. The summed E-state index contributed by atoms with van der Waals surface area (Å²) in [5, 5.41) is 9.93. The predicted octanol–water partition coefficient (Wildman–Crippen LogP) is 4.70. The first-order valence-electron chi connectivity index (χ1n) is 11.8.